The number of carbonyl (C=O) groups excluding carboxylic acids is 3. The molecular weight excluding hydrogens is 447 g/mol. The van der Waals surface area contributed by atoms with Gasteiger partial charge < -0.3 is 15.1 Å². The van der Waals surface area contributed by atoms with Crippen LogP contribution >= 0.6 is 0 Å². The molecule has 0 aromatic heterocycles. The number of halogens is 1. The summed E-state index contributed by atoms with van der Waals surface area (Å²) >= 11 is 0. The molecule has 0 bridgehead atoms. The molecule has 0 aliphatic carbocycles. The fourth-order valence-corrected chi connectivity index (χ4v) is 4.87. The van der Waals surface area contributed by atoms with E-state index in [1.165, 1.54) is 27.5 Å². The van der Waals surface area contributed by atoms with E-state index >= 15 is 0 Å². The third-order valence-corrected chi connectivity index (χ3v) is 6.88. The quantitative estimate of drug-likeness (QED) is 0.590. The van der Waals surface area contributed by atoms with Crippen LogP contribution in [0.2, 0.25) is 0 Å². The number of carbonyl (C=O) groups is 3. The molecule has 0 unspecified atom stereocenters. The van der Waals surface area contributed by atoms with Crippen molar-refractivity contribution in [2.45, 2.75) is 51.4 Å². The van der Waals surface area contributed by atoms with Crippen molar-refractivity contribution in [2.75, 3.05) is 26.2 Å². The maximum absolute atomic E-state index is 13.2. The average Bonchev–Trinajstić information content (AvgIpc) is 2.87. The molecule has 2 heterocycles. The number of piperidine rings is 1. The molecule has 2 aliphatic rings. The first kappa shape index (κ1) is 24.9. The largest absolute Gasteiger partial charge is 0.351 e. The van der Waals surface area contributed by atoms with Gasteiger partial charge in [0.2, 0.25) is 5.91 Å². The van der Waals surface area contributed by atoms with Crippen LogP contribution in [-0.4, -0.2) is 70.7 Å². The van der Waals surface area contributed by atoms with Crippen LogP contribution in [0.15, 0.2) is 54.6 Å². The van der Waals surface area contributed by atoms with Gasteiger partial charge in [-0.2, -0.15) is 0 Å². The van der Waals surface area contributed by atoms with E-state index in [9.17, 15) is 18.8 Å². The lowest BCUT2D eigenvalue weighted by Gasteiger charge is -2.38. The zero-order chi connectivity index (χ0) is 24.8. The fourth-order valence-electron chi connectivity index (χ4n) is 4.87. The second-order valence-electron chi connectivity index (χ2n) is 9.32. The predicted molar refractivity (Wildman–Crippen MR) is 130 cm³/mol. The van der Waals surface area contributed by atoms with Gasteiger partial charge in [-0.05, 0) is 42.5 Å². The molecule has 186 valence electrons. The Labute approximate surface area is 205 Å². The van der Waals surface area contributed by atoms with Gasteiger partial charge in [0.05, 0.1) is 0 Å². The van der Waals surface area contributed by atoms with Gasteiger partial charge in [-0.1, -0.05) is 49.4 Å². The maximum Gasteiger partial charge on any atom is 0.312 e. The Balaban J connectivity index is 1.28. The number of amides is 3. The van der Waals surface area contributed by atoms with Crippen molar-refractivity contribution >= 4 is 17.7 Å². The fraction of sp³-hybridized carbons (Fsp3) is 0.444. The Bertz CT molecular complexity index is 1020. The topological polar surface area (TPSA) is 73.0 Å². The average molecular weight is 481 g/mol. The summed E-state index contributed by atoms with van der Waals surface area (Å²) in [6.07, 6.45) is 2.15. The Morgan fingerprint density at radius 1 is 0.914 bits per heavy atom. The predicted octanol–water partition coefficient (Wildman–Crippen LogP) is 2.56. The molecule has 2 saturated heterocycles. The second-order valence-corrected chi connectivity index (χ2v) is 9.32. The van der Waals surface area contributed by atoms with E-state index in [-0.39, 0.29) is 24.3 Å². The SMILES string of the molecule is CC[C@H](C(=O)NC1CCN(Cc2ccccc2)CC1)N1CCN(Cc2ccc(F)cc2)C(=O)C1=O. The molecular formula is C27H33FN4O3. The Hall–Kier alpha value is -3.26. The summed E-state index contributed by atoms with van der Waals surface area (Å²) in [4.78, 5) is 44.0. The molecule has 2 aromatic rings. The zero-order valence-corrected chi connectivity index (χ0v) is 20.2. The van der Waals surface area contributed by atoms with Crippen molar-refractivity contribution in [3.8, 4) is 0 Å². The normalized spacial score (nSPS) is 18.6. The van der Waals surface area contributed by atoms with Gasteiger partial charge >= 0.3 is 11.8 Å². The minimum Gasteiger partial charge on any atom is -0.351 e. The molecule has 1 N–H and O–H groups in total. The lowest BCUT2D eigenvalue weighted by Crippen LogP contribution is -2.61. The number of hydrogen-bond donors (Lipinski definition) is 1. The summed E-state index contributed by atoms with van der Waals surface area (Å²) < 4.78 is 13.2. The molecule has 3 amide bonds. The summed E-state index contributed by atoms with van der Waals surface area (Å²) in [6.45, 7) is 5.43. The first-order chi connectivity index (χ1) is 16.9. The summed E-state index contributed by atoms with van der Waals surface area (Å²) in [5.41, 5.74) is 2.03. The first-order valence-corrected chi connectivity index (χ1v) is 12.4. The van der Waals surface area contributed by atoms with Crippen molar-refractivity contribution < 1.29 is 18.8 Å². The minimum atomic E-state index is -0.665. The number of nitrogens with zero attached hydrogens (tertiary/aromatic N) is 3. The van der Waals surface area contributed by atoms with Crippen molar-refractivity contribution in [3.63, 3.8) is 0 Å². The van der Waals surface area contributed by atoms with Gasteiger partial charge in [0, 0.05) is 45.3 Å². The van der Waals surface area contributed by atoms with Gasteiger partial charge in [0.1, 0.15) is 11.9 Å². The highest BCUT2D eigenvalue weighted by Gasteiger charge is 2.39. The van der Waals surface area contributed by atoms with Crippen LogP contribution in [0, 0.1) is 5.82 Å². The maximum atomic E-state index is 13.2. The Kier molecular flexibility index (Phi) is 8.13. The number of likely N-dealkylation sites (tertiary alicyclic amines) is 1. The van der Waals surface area contributed by atoms with Crippen molar-refractivity contribution in [2.24, 2.45) is 0 Å². The van der Waals surface area contributed by atoms with E-state index in [0.717, 1.165) is 38.0 Å². The molecule has 2 aliphatic heterocycles. The molecule has 8 heteroatoms. The molecule has 2 fully saturated rings. The van der Waals surface area contributed by atoms with Crippen LogP contribution in [0.3, 0.4) is 0 Å². The van der Waals surface area contributed by atoms with Crippen molar-refractivity contribution in [3.05, 3.63) is 71.5 Å². The minimum absolute atomic E-state index is 0.0640. The Morgan fingerprint density at radius 3 is 2.23 bits per heavy atom. The van der Waals surface area contributed by atoms with Gasteiger partial charge in [-0.15, -0.1) is 0 Å². The number of piperazine rings is 1. The lowest BCUT2D eigenvalue weighted by atomic mass is 10.0. The number of benzene rings is 2. The van der Waals surface area contributed by atoms with Crippen LogP contribution in [0.25, 0.3) is 0 Å². The van der Waals surface area contributed by atoms with Crippen molar-refractivity contribution in [1.82, 2.24) is 20.0 Å². The molecule has 4 rings (SSSR count). The highest BCUT2D eigenvalue weighted by atomic mass is 19.1. The van der Waals surface area contributed by atoms with E-state index in [1.54, 1.807) is 12.1 Å². The molecule has 0 spiro atoms. The molecule has 0 saturated carbocycles. The monoisotopic (exact) mass is 480 g/mol. The molecule has 0 radical (unpaired) electrons. The first-order valence-electron chi connectivity index (χ1n) is 12.4. The van der Waals surface area contributed by atoms with E-state index in [0.29, 0.717) is 19.5 Å². The molecule has 35 heavy (non-hydrogen) atoms. The van der Waals surface area contributed by atoms with Gasteiger partial charge in [-0.3, -0.25) is 19.3 Å². The van der Waals surface area contributed by atoms with E-state index in [1.807, 2.05) is 25.1 Å². The summed E-state index contributed by atoms with van der Waals surface area (Å²) in [5, 5.41) is 3.12. The number of hydrogen-bond acceptors (Lipinski definition) is 4. The van der Waals surface area contributed by atoms with E-state index < -0.39 is 17.9 Å². The van der Waals surface area contributed by atoms with Gasteiger partial charge in [-0.25, -0.2) is 4.39 Å². The second kappa shape index (κ2) is 11.4. The van der Waals surface area contributed by atoms with E-state index in [2.05, 4.69) is 22.3 Å². The molecule has 1 atom stereocenters. The molecule has 2 aromatic carbocycles. The third-order valence-electron chi connectivity index (χ3n) is 6.88. The van der Waals surface area contributed by atoms with Crippen molar-refractivity contribution in [1.29, 1.82) is 0 Å². The summed E-state index contributed by atoms with van der Waals surface area (Å²) in [5.74, 6) is -1.82. The number of rotatable bonds is 8. The summed E-state index contributed by atoms with van der Waals surface area (Å²) in [7, 11) is 0. The zero-order valence-electron chi connectivity index (χ0n) is 20.2. The van der Waals surface area contributed by atoms with Crippen LogP contribution in [0.5, 0.6) is 0 Å². The van der Waals surface area contributed by atoms with Crippen LogP contribution in [0.4, 0.5) is 4.39 Å². The standard InChI is InChI=1S/C27H33FN4O3/c1-2-24(25(33)29-23-12-14-30(15-13-23)18-20-6-4-3-5-7-20)32-17-16-31(26(34)27(32)35)19-21-8-10-22(28)11-9-21/h3-11,23-24H,2,12-19H2,1H3,(H,29,33)/t24-/m1/s1. The smallest absolute Gasteiger partial charge is 0.312 e. The highest BCUT2D eigenvalue weighted by molar-refractivity contribution is 6.35. The van der Waals surface area contributed by atoms with Crippen LogP contribution in [-0.2, 0) is 27.5 Å². The third kappa shape index (κ3) is 6.25. The van der Waals surface area contributed by atoms with Gasteiger partial charge in [0.25, 0.3) is 0 Å². The summed E-state index contributed by atoms with van der Waals surface area (Å²) in [6, 6.07) is 15.6. The van der Waals surface area contributed by atoms with Crippen LogP contribution < -0.4 is 5.32 Å². The number of nitrogens with one attached hydrogen (secondary N) is 1. The Morgan fingerprint density at radius 2 is 1.57 bits per heavy atom. The van der Waals surface area contributed by atoms with E-state index in [4.69, 9.17) is 0 Å². The lowest BCUT2D eigenvalue weighted by molar-refractivity contribution is -0.160. The molecule has 7 nitrogen and oxygen atoms in total. The van der Waals surface area contributed by atoms with Crippen LogP contribution in [0.1, 0.15) is 37.3 Å². The highest BCUT2D eigenvalue weighted by Crippen LogP contribution is 2.18. The van der Waals surface area contributed by atoms with Gasteiger partial charge in [0.15, 0.2) is 0 Å².